The summed E-state index contributed by atoms with van der Waals surface area (Å²) < 4.78 is 1.37. The highest BCUT2D eigenvalue weighted by atomic mass is 16.1. The molecule has 2 aromatic heterocycles. The van der Waals surface area contributed by atoms with E-state index in [1.165, 1.54) is 47.7 Å². The number of aromatic nitrogens is 4. The first-order valence-electron chi connectivity index (χ1n) is 13.6. The van der Waals surface area contributed by atoms with Gasteiger partial charge < -0.3 is 25.8 Å². The molecule has 4 heterocycles. The smallest absolute Gasteiger partial charge is 0.267 e. The van der Waals surface area contributed by atoms with E-state index in [-0.39, 0.29) is 28.9 Å². The molecule has 0 radical (unpaired) electrons. The monoisotopic (exact) mass is 543 g/mol. The van der Waals surface area contributed by atoms with Crippen molar-refractivity contribution in [2.45, 2.75) is 33.2 Å². The van der Waals surface area contributed by atoms with Gasteiger partial charge in [0.05, 0.1) is 6.04 Å². The van der Waals surface area contributed by atoms with Crippen LogP contribution in [0.1, 0.15) is 42.2 Å². The Morgan fingerprint density at radius 3 is 2.65 bits per heavy atom. The molecule has 5 rings (SSSR count). The van der Waals surface area contributed by atoms with E-state index in [0.717, 1.165) is 18.8 Å². The van der Waals surface area contributed by atoms with Gasteiger partial charge in [0.1, 0.15) is 11.4 Å². The van der Waals surface area contributed by atoms with E-state index in [1.54, 1.807) is 12.1 Å². The summed E-state index contributed by atoms with van der Waals surface area (Å²) in [6.07, 6.45) is 4.33. The fraction of sp³-hybridized carbons (Fsp3) is 0.414. The maximum Gasteiger partial charge on any atom is 0.267 e. The summed E-state index contributed by atoms with van der Waals surface area (Å²) in [4.78, 5) is 38.9. The van der Waals surface area contributed by atoms with Gasteiger partial charge in [-0.2, -0.15) is 10.1 Å². The number of carbonyl (C=O) groups excluding carboxylic acids is 1. The zero-order valence-electron chi connectivity index (χ0n) is 23.6. The molecule has 11 nitrogen and oxygen atoms in total. The molecule has 3 N–H and O–H groups in total. The van der Waals surface area contributed by atoms with Crippen LogP contribution in [0.5, 0.6) is 0 Å². The Balaban J connectivity index is 1.36. The van der Waals surface area contributed by atoms with Crippen LogP contribution < -0.4 is 26.4 Å². The molecule has 0 aliphatic carbocycles. The van der Waals surface area contributed by atoms with Gasteiger partial charge in [0, 0.05) is 55.2 Å². The van der Waals surface area contributed by atoms with Crippen LogP contribution in [0.25, 0.3) is 0 Å². The second kappa shape index (κ2) is 11.1. The van der Waals surface area contributed by atoms with Crippen molar-refractivity contribution in [3.05, 3.63) is 70.7 Å². The lowest BCUT2D eigenvalue weighted by molar-refractivity contribution is 0.0958. The molecule has 2 fully saturated rings. The molecule has 11 heteroatoms. The topological polar surface area (TPSA) is 120 Å². The fourth-order valence-corrected chi connectivity index (χ4v) is 5.51. The van der Waals surface area contributed by atoms with Crippen LogP contribution in [0.15, 0.2) is 54.0 Å². The lowest BCUT2D eigenvalue weighted by Crippen LogP contribution is -2.57. The zero-order valence-corrected chi connectivity index (χ0v) is 23.6. The van der Waals surface area contributed by atoms with E-state index in [1.807, 2.05) is 19.9 Å². The minimum absolute atomic E-state index is 0.125. The van der Waals surface area contributed by atoms with Gasteiger partial charge in [-0.15, -0.1) is 6.58 Å². The highest BCUT2D eigenvalue weighted by molar-refractivity contribution is 5.99. The predicted molar refractivity (Wildman–Crippen MR) is 158 cm³/mol. The van der Waals surface area contributed by atoms with Crippen molar-refractivity contribution < 1.29 is 4.79 Å². The maximum absolute atomic E-state index is 12.8. The van der Waals surface area contributed by atoms with E-state index >= 15 is 0 Å². The Morgan fingerprint density at radius 2 is 1.98 bits per heavy atom. The van der Waals surface area contributed by atoms with E-state index in [2.05, 4.69) is 73.5 Å². The molecule has 2 aliphatic rings. The van der Waals surface area contributed by atoms with Crippen molar-refractivity contribution in [2.24, 2.45) is 5.41 Å². The summed E-state index contributed by atoms with van der Waals surface area (Å²) in [5.74, 6) is 0.620. The molecular formula is C29H37N9O2. The van der Waals surface area contributed by atoms with E-state index in [9.17, 15) is 9.59 Å². The van der Waals surface area contributed by atoms with Gasteiger partial charge in [0.15, 0.2) is 5.82 Å². The van der Waals surface area contributed by atoms with Gasteiger partial charge in [0.25, 0.3) is 11.5 Å². The van der Waals surface area contributed by atoms with Gasteiger partial charge in [0.2, 0.25) is 5.95 Å². The number of likely N-dealkylation sites (tertiary alicyclic amines) is 1. The van der Waals surface area contributed by atoms with Gasteiger partial charge in [-0.3, -0.25) is 9.59 Å². The van der Waals surface area contributed by atoms with Crippen LogP contribution in [0.3, 0.4) is 0 Å². The first-order valence-corrected chi connectivity index (χ1v) is 13.6. The number of nitrogens with one attached hydrogen (secondary N) is 3. The number of hydrogen-bond acceptors (Lipinski definition) is 9. The van der Waals surface area contributed by atoms with Crippen molar-refractivity contribution in [1.82, 2.24) is 30.0 Å². The predicted octanol–water partition coefficient (Wildman–Crippen LogP) is 3.47. The minimum atomic E-state index is -0.355. The Bertz CT molecular complexity index is 1480. The van der Waals surface area contributed by atoms with Crippen LogP contribution in [-0.4, -0.2) is 70.3 Å². The molecule has 0 bridgehead atoms. The summed E-state index contributed by atoms with van der Waals surface area (Å²) in [5, 5.41) is 13.5. The summed E-state index contributed by atoms with van der Waals surface area (Å²) in [6, 6.07) is 9.12. The largest absolute Gasteiger partial charge is 0.370 e. The number of amides is 1. The molecule has 1 amide bonds. The van der Waals surface area contributed by atoms with Crippen LogP contribution in [-0.2, 0) is 0 Å². The third kappa shape index (κ3) is 5.69. The minimum Gasteiger partial charge on any atom is -0.370 e. The number of benzene rings is 1. The standard InChI is InChI=1S/C29H37N9O2/c1-6-12-30-27(40)22-15-31-28(34-26(22)33-24-9-10-25(39)38(35-24)19(2)3)32-21-7-8-23(20(4)14-21)37-17-29(18-37)11-13-36(5)16-29/h6-10,14-15,19H,1,11-13,16-18H2,2-5H3,(H,30,40)(H2,31,32,33,34,35). The third-order valence-corrected chi connectivity index (χ3v) is 7.48. The van der Waals surface area contributed by atoms with Crippen LogP contribution in [0, 0.1) is 12.3 Å². The number of carbonyl (C=O) groups is 1. The number of aryl methyl sites for hydroxylation is 1. The average Bonchev–Trinajstić information content (AvgIpc) is 3.30. The zero-order chi connectivity index (χ0) is 28.4. The van der Waals surface area contributed by atoms with E-state index in [4.69, 9.17) is 0 Å². The highest BCUT2D eigenvalue weighted by Gasteiger charge is 2.46. The molecule has 1 spiro atoms. The number of anilines is 5. The van der Waals surface area contributed by atoms with Crippen LogP contribution >= 0.6 is 0 Å². The normalized spacial score (nSPS) is 16.2. The number of nitrogens with zero attached hydrogens (tertiary/aromatic N) is 6. The molecule has 2 aliphatic heterocycles. The SMILES string of the molecule is C=CCNC(=O)c1cnc(Nc2ccc(N3CC4(CCN(C)C4)C3)c(C)c2)nc1Nc1ccc(=O)n(C(C)C)n1. The first kappa shape index (κ1) is 27.3. The first-order chi connectivity index (χ1) is 19.2. The van der Waals surface area contributed by atoms with Gasteiger partial charge in [-0.1, -0.05) is 6.08 Å². The summed E-state index contributed by atoms with van der Waals surface area (Å²) in [5.41, 5.74) is 3.73. The Hall–Kier alpha value is -4.25. The molecule has 0 unspecified atom stereocenters. The van der Waals surface area contributed by atoms with Gasteiger partial charge >= 0.3 is 0 Å². The third-order valence-electron chi connectivity index (χ3n) is 7.48. The van der Waals surface area contributed by atoms with E-state index in [0.29, 0.717) is 23.7 Å². The molecule has 3 aromatic rings. The summed E-state index contributed by atoms with van der Waals surface area (Å²) in [7, 11) is 2.20. The van der Waals surface area contributed by atoms with Gasteiger partial charge in [-0.05, 0) is 70.6 Å². The average molecular weight is 544 g/mol. The molecule has 1 aromatic carbocycles. The lowest BCUT2D eigenvalue weighted by Gasteiger charge is -2.50. The second-order valence-electron chi connectivity index (χ2n) is 11.1. The molecule has 0 atom stereocenters. The molecule has 40 heavy (non-hydrogen) atoms. The molecule has 210 valence electrons. The Labute approximate surface area is 234 Å². The summed E-state index contributed by atoms with van der Waals surface area (Å²) in [6.45, 7) is 14.4. The Morgan fingerprint density at radius 1 is 1.18 bits per heavy atom. The van der Waals surface area contributed by atoms with E-state index < -0.39 is 0 Å². The lowest BCUT2D eigenvalue weighted by atomic mass is 9.78. The van der Waals surface area contributed by atoms with Crippen molar-refractivity contribution >= 4 is 34.9 Å². The fourth-order valence-electron chi connectivity index (χ4n) is 5.51. The van der Waals surface area contributed by atoms with Crippen LogP contribution in [0.2, 0.25) is 0 Å². The quantitative estimate of drug-likeness (QED) is 0.349. The molecular weight excluding hydrogens is 506 g/mol. The van der Waals surface area contributed by atoms with Crippen LogP contribution in [0.4, 0.5) is 29.0 Å². The van der Waals surface area contributed by atoms with Crippen molar-refractivity contribution in [2.75, 3.05) is 55.3 Å². The van der Waals surface area contributed by atoms with Gasteiger partial charge in [-0.25, -0.2) is 9.67 Å². The Kier molecular flexibility index (Phi) is 7.57. The highest BCUT2D eigenvalue weighted by Crippen LogP contribution is 2.42. The molecule has 0 saturated carbocycles. The van der Waals surface area contributed by atoms with Crippen molar-refractivity contribution in [1.29, 1.82) is 0 Å². The van der Waals surface area contributed by atoms with Crippen molar-refractivity contribution in [3.63, 3.8) is 0 Å². The number of hydrogen-bond donors (Lipinski definition) is 3. The van der Waals surface area contributed by atoms with Crippen molar-refractivity contribution in [3.8, 4) is 0 Å². The maximum atomic E-state index is 12.8. The molecule has 2 saturated heterocycles. The second-order valence-corrected chi connectivity index (χ2v) is 11.1. The number of rotatable bonds is 9. The summed E-state index contributed by atoms with van der Waals surface area (Å²) >= 11 is 0.